The average molecular weight is 293 g/mol. The summed E-state index contributed by atoms with van der Waals surface area (Å²) >= 11 is 1.20. The van der Waals surface area contributed by atoms with Crippen LogP contribution in [0, 0.1) is 0 Å². The summed E-state index contributed by atoms with van der Waals surface area (Å²) in [5, 5.41) is 32.0. The Morgan fingerprint density at radius 1 is 1.20 bits per heavy atom. The fourth-order valence-corrected chi connectivity index (χ4v) is 2.39. The number of phenols is 2. The van der Waals surface area contributed by atoms with Gasteiger partial charge in [0.1, 0.15) is 11.5 Å². The van der Waals surface area contributed by atoms with Gasteiger partial charge in [0.25, 0.3) is 5.91 Å². The number of hydrogen-bond donors (Lipinski definition) is 4. The Balaban J connectivity index is 2.25. The lowest BCUT2D eigenvalue weighted by Crippen LogP contribution is -2.33. The molecule has 0 radical (unpaired) electrons. The Bertz CT molecular complexity index is 638. The standard InChI is InChI=1S/C13H11NO5S/c15-7-3-4-9(16)8(6-7)12(17)14-11(13(18)19)10-2-1-5-20-10/h1-6,11,15-16H,(H,14,17)(H,18,19). The molecule has 1 aromatic heterocycles. The van der Waals surface area contributed by atoms with E-state index in [-0.39, 0.29) is 17.1 Å². The zero-order valence-electron chi connectivity index (χ0n) is 10.1. The molecule has 0 aliphatic rings. The van der Waals surface area contributed by atoms with Crippen LogP contribution in [0.2, 0.25) is 0 Å². The van der Waals surface area contributed by atoms with E-state index in [1.54, 1.807) is 17.5 Å². The number of aromatic hydroxyl groups is 2. The van der Waals surface area contributed by atoms with E-state index in [0.29, 0.717) is 4.88 Å². The van der Waals surface area contributed by atoms with Crippen LogP contribution in [0.15, 0.2) is 35.7 Å². The van der Waals surface area contributed by atoms with Gasteiger partial charge in [0.15, 0.2) is 6.04 Å². The molecular formula is C13H11NO5S. The number of amides is 1. The molecule has 0 aliphatic heterocycles. The van der Waals surface area contributed by atoms with E-state index in [1.165, 1.54) is 17.4 Å². The lowest BCUT2D eigenvalue weighted by molar-refractivity contribution is -0.139. The van der Waals surface area contributed by atoms with E-state index in [0.717, 1.165) is 12.1 Å². The highest BCUT2D eigenvalue weighted by Gasteiger charge is 2.24. The van der Waals surface area contributed by atoms with Crippen molar-refractivity contribution < 1.29 is 24.9 Å². The topological polar surface area (TPSA) is 107 Å². The molecular weight excluding hydrogens is 282 g/mol. The number of benzene rings is 1. The number of carbonyl (C=O) groups excluding carboxylic acids is 1. The average Bonchev–Trinajstić information content (AvgIpc) is 2.91. The summed E-state index contributed by atoms with van der Waals surface area (Å²) in [4.78, 5) is 23.6. The zero-order chi connectivity index (χ0) is 14.7. The summed E-state index contributed by atoms with van der Waals surface area (Å²) in [5.41, 5.74) is -0.187. The third-order valence-corrected chi connectivity index (χ3v) is 3.51. The Morgan fingerprint density at radius 3 is 2.55 bits per heavy atom. The third kappa shape index (κ3) is 2.89. The smallest absolute Gasteiger partial charge is 0.331 e. The lowest BCUT2D eigenvalue weighted by atomic mass is 10.1. The van der Waals surface area contributed by atoms with Gasteiger partial charge >= 0.3 is 5.97 Å². The fourth-order valence-electron chi connectivity index (χ4n) is 1.62. The Labute approximate surface area is 117 Å². The second-order valence-corrected chi connectivity index (χ2v) is 4.94. The number of carboxylic acids is 1. The molecule has 1 heterocycles. The maximum atomic E-state index is 12.0. The SMILES string of the molecule is O=C(NC(C(=O)O)c1cccs1)c1cc(O)ccc1O. The first-order chi connectivity index (χ1) is 9.49. The van der Waals surface area contributed by atoms with Crippen LogP contribution in [0.1, 0.15) is 21.3 Å². The number of aliphatic carboxylic acids is 1. The minimum atomic E-state index is -1.21. The van der Waals surface area contributed by atoms with Crippen molar-refractivity contribution in [1.29, 1.82) is 0 Å². The molecule has 2 aromatic rings. The first kappa shape index (κ1) is 13.9. The predicted molar refractivity (Wildman–Crippen MR) is 71.9 cm³/mol. The maximum Gasteiger partial charge on any atom is 0.331 e. The van der Waals surface area contributed by atoms with Crippen LogP contribution in [-0.2, 0) is 4.79 Å². The molecule has 1 unspecified atom stereocenters. The van der Waals surface area contributed by atoms with Crippen LogP contribution < -0.4 is 5.32 Å². The van der Waals surface area contributed by atoms with Crippen molar-refractivity contribution >= 4 is 23.2 Å². The van der Waals surface area contributed by atoms with E-state index in [1.807, 2.05) is 0 Å². The van der Waals surface area contributed by atoms with Crippen LogP contribution in [-0.4, -0.2) is 27.2 Å². The number of thiophene rings is 1. The highest BCUT2D eigenvalue weighted by Crippen LogP contribution is 2.24. The van der Waals surface area contributed by atoms with E-state index >= 15 is 0 Å². The van der Waals surface area contributed by atoms with Crippen molar-refractivity contribution in [2.24, 2.45) is 0 Å². The van der Waals surface area contributed by atoms with Crippen LogP contribution in [0.4, 0.5) is 0 Å². The molecule has 0 aliphatic carbocycles. The van der Waals surface area contributed by atoms with Crippen LogP contribution >= 0.6 is 11.3 Å². The van der Waals surface area contributed by atoms with Crippen molar-refractivity contribution in [1.82, 2.24) is 5.32 Å². The van der Waals surface area contributed by atoms with Crippen LogP contribution in [0.3, 0.4) is 0 Å². The molecule has 0 saturated carbocycles. The molecule has 1 aromatic carbocycles. The number of carbonyl (C=O) groups is 2. The van der Waals surface area contributed by atoms with E-state index in [4.69, 9.17) is 5.11 Å². The summed E-state index contributed by atoms with van der Waals surface area (Å²) in [6, 6.07) is 5.51. The molecule has 7 heteroatoms. The molecule has 2 rings (SSSR count). The van der Waals surface area contributed by atoms with Gasteiger partial charge in [0.05, 0.1) is 5.56 Å². The quantitative estimate of drug-likeness (QED) is 0.642. The first-order valence-electron chi connectivity index (χ1n) is 5.58. The minimum absolute atomic E-state index is 0.187. The van der Waals surface area contributed by atoms with Crippen molar-refractivity contribution in [3.63, 3.8) is 0 Å². The van der Waals surface area contributed by atoms with Gasteiger partial charge in [0.2, 0.25) is 0 Å². The van der Waals surface area contributed by atoms with Crippen molar-refractivity contribution in [3.05, 3.63) is 46.2 Å². The summed E-state index contributed by atoms with van der Waals surface area (Å²) in [6.45, 7) is 0. The minimum Gasteiger partial charge on any atom is -0.508 e. The van der Waals surface area contributed by atoms with Gasteiger partial charge in [-0.3, -0.25) is 4.79 Å². The first-order valence-corrected chi connectivity index (χ1v) is 6.46. The van der Waals surface area contributed by atoms with Crippen LogP contribution in [0.5, 0.6) is 11.5 Å². The van der Waals surface area contributed by atoms with Crippen molar-refractivity contribution in [3.8, 4) is 11.5 Å². The molecule has 0 spiro atoms. The molecule has 0 saturated heterocycles. The van der Waals surface area contributed by atoms with Gasteiger partial charge in [-0.1, -0.05) is 6.07 Å². The second kappa shape index (κ2) is 5.62. The van der Waals surface area contributed by atoms with E-state index in [2.05, 4.69) is 5.32 Å². The van der Waals surface area contributed by atoms with Gasteiger partial charge in [-0.05, 0) is 29.6 Å². The largest absolute Gasteiger partial charge is 0.508 e. The Kier molecular flexibility index (Phi) is 3.90. The summed E-state index contributed by atoms with van der Waals surface area (Å²) in [6.07, 6.45) is 0. The fraction of sp³-hybridized carbons (Fsp3) is 0.0769. The molecule has 0 fully saturated rings. The van der Waals surface area contributed by atoms with E-state index in [9.17, 15) is 19.8 Å². The van der Waals surface area contributed by atoms with Gasteiger partial charge in [-0.15, -0.1) is 11.3 Å². The van der Waals surface area contributed by atoms with Crippen molar-refractivity contribution in [2.45, 2.75) is 6.04 Å². The van der Waals surface area contributed by atoms with E-state index < -0.39 is 17.9 Å². The van der Waals surface area contributed by atoms with Gasteiger partial charge in [0, 0.05) is 4.88 Å². The molecule has 4 N–H and O–H groups in total. The molecule has 1 amide bonds. The van der Waals surface area contributed by atoms with Crippen molar-refractivity contribution in [2.75, 3.05) is 0 Å². The normalized spacial score (nSPS) is 11.8. The molecule has 20 heavy (non-hydrogen) atoms. The monoisotopic (exact) mass is 293 g/mol. The van der Waals surface area contributed by atoms with Gasteiger partial charge in [-0.25, -0.2) is 4.79 Å². The summed E-state index contributed by atoms with van der Waals surface area (Å²) < 4.78 is 0. The second-order valence-electron chi connectivity index (χ2n) is 3.96. The number of rotatable bonds is 4. The number of phenolic OH excluding ortho intramolecular Hbond substituents is 2. The number of hydrogen-bond acceptors (Lipinski definition) is 5. The lowest BCUT2D eigenvalue weighted by Gasteiger charge is -2.13. The molecule has 1 atom stereocenters. The summed E-state index contributed by atoms with van der Waals surface area (Å²) in [7, 11) is 0. The molecule has 6 nitrogen and oxygen atoms in total. The maximum absolute atomic E-state index is 12.0. The molecule has 104 valence electrons. The highest BCUT2D eigenvalue weighted by atomic mass is 32.1. The summed E-state index contributed by atoms with van der Waals surface area (Å²) in [5.74, 6) is -2.52. The van der Waals surface area contributed by atoms with Gasteiger partial charge in [-0.2, -0.15) is 0 Å². The Morgan fingerprint density at radius 2 is 1.95 bits per heavy atom. The molecule has 0 bridgehead atoms. The van der Waals surface area contributed by atoms with Crippen LogP contribution in [0.25, 0.3) is 0 Å². The highest BCUT2D eigenvalue weighted by molar-refractivity contribution is 7.10. The number of carboxylic acid groups (broad SMARTS) is 1. The number of nitrogens with one attached hydrogen (secondary N) is 1. The predicted octanol–water partition coefficient (Wildman–Crippen LogP) is 1.71. The zero-order valence-corrected chi connectivity index (χ0v) is 10.9. The van der Waals surface area contributed by atoms with Gasteiger partial charge < -0.3 is 20.6 Å². The third-order valence-electron chi connectivity index (χ3n) is 2.57. The Hall–Kier alpha value is -2.54.